The fourth-order valence-electron chi connectivity index (χ4n) is 12.4. The van der Waals surface area contributed by atoms with E-state index in [4.69, 9.17) is 0 Å². The summed E-state index contributed by atoms with van der Waals surface area (Å²) in [7, 11) is 0. The highest BCUT2D eigenvalue weighted by molar-refractivity contribution is 7.25. The quantitative estimate of drug-likeness (QED) is 0.167. The van der Waals surface area contributed by atoms with Crippen LogP contribution in [0.15, 0.2) is 243 Å². The number of thiophene rings is 1. The van der Waals surface area contributed by atoms with Crippen LogP contribution in [0.1, 0.15) is 22.3 Å². The molecular formula is C65H40N2S. The molecule has 13 aromatic rings. The Morgan fingerprint density at radius 2 is 0.912 bits per heavy atom. The maximum Gasteiger partial charge on any atom is 0.0782 e. The standard InChI is InChI=1S/C65H40N2S/c1-2-18-41(19-3-1)66(42-36-39-62-53(40-42)49-25-10-15-35-61(49)68-62)60-34-17-28-51-48-24-9-14-33-58(48)67(64(51)60)59-38-37-44(43-20-4-5-23-47(43)59)50-27-16-32-57-63(50)52-26-8-13-31-56(52)65(57)54-29-11-6-21-45(54)46-22-7-12-30-55(46)65/h1-40H. The minimum Gasteiger partial charge on any atom is -0.308 e. The first-order chi connectivity index (χ1) is 33.8. The Kier molecular flexibility index (Phi) is 7.90. The van der Waals surface area contributed by atoms with Crippen molar-refractivity contribution in [3.63, 3.8) is 0 Å². The molecule has 316 valence electrons. The topological polar surface area (TPSA) is 8.17 Å². The van der Waals surface area contributed by atoms with Crippen molar-refractivity contribution < 1.29 is 0 Å². The molecule has 0 unspecified atom stereocenters. The van der Waals surface area contributed by atoms with Gasteiger partial charge >= 0.3 is 0 Å². The average molecular weight is 881 g/mol. The van der Waals surface area contributed by atoms with Crippen molar-refractivity contribution >= 4 is 81.1 Å². The third kappa shape index (κ3) is 5.01. The number of hydrogen-bond acceptors (Lipinski definition) is 2. The van der Waals surface area contributed by atoms with E-state index in [-0.39, 0.29) is 0 Å². The number of nitrogens with zero attached hydrogens (tertiary/aromatic N) is 2. The van der Waals surface area contributed by atoms with Crippen LogP contribution in [0.4, 0.5) is 17.1 Å². The zero-order chi connectivity index (χ0) is 44.5. The van der Waals surface area contributed by atoms with Crippen LogP contribution in [0.25, 0.3) is 91.8 Å². The Balaban J connectivity index is 0.985. The third-order valence-corrected chi connectivity index (χ3v) is 16.2. The van der Waals surface area contributed by atoms with E-state index in [2.05, 4.69) is 252 Å². The van der Waals surface area contributed by atoms with E-state index < -0.39 is 5.41 Å². The fraction of sp³-hybridized carbons (Fsp3) is 0.0154. The van der Waals surface area contributed by atoms with E-state index in [9.17, 15) is 0 Å². The second kappa shape index (κ2) is 14.3. The van der Waals surface area contributed by atoms with Gasteiger partial charge in [-0.3, -0.25) is 0 Å². The van der Waals surface area contributed by atoms with Crippen molar-refractivity contribution in [2.75, 3.05) is 4.90 Å². The Hall–Kier alpha value is -8.50. The smallest absolute Gasteiger partial charge is 0.0782 e. The van der Waals surface area contributed by atoms with Crippen LogP contribution in [-0.4, -0.2) is 4.57 Å². The number of fused-ring (bicyclic) bond motifs is 17. The maximum absolute atomic E-state index is 2.53. The molecule has 2 nitrogen and oxygen atoms in total. The minimum absolute atomic E-state index is 0.407. The molecule has 0 bridgehead atoms. The average Bonchev–Trinajstić information content (AvgIpc) is 4.13. The van der Waals surface area contributed by atoms with Gasteiger partial charge in [-0.05, 0) is 116 Å². The van der Waals surface area contributed by atoms with Gasteiger partial charge in [-0.25, -0.2) is 0 Å². The lowest BCUT2D eigenvalue weighted by Crippen LogP contribution is -2.25. The highest BCUT2D eigenvalue weighted by atomic mass is 32.1. The van der Waals surface area contributed by atoms with Gasteiger partial charge in [0.25, 0.3) is 0 Å². The van der Waals surface area contributed by atoms with E-state index in [1.54, 1.807) is 0 Å². The van der Waals surface area contributed by atoms with E-state index in [0.717, 1.165) is 22.7 Å². The third-order valence-electron chi connectivity index (χ3n) is 15.0. The molecule has 0 atom stereocenters. The predicted octanol–water partition coefficient (Wildman–Crippen LogP) is 17.8. The number of para-hydroxylation sites is 3. The molecule has 0 amide bonds. The predicted molar refractivity (Wildman–Crippen MR) is 288 cm³/mol. The van der Waals surface area contributed by atoms with Crippen molar-refractivity contribution in [1.82, 2.24) is 4.57 Å². The summed E-state index contributed by atoms with van der Waals surface area (Å²) in [4.78, 5) is 2.46. The molecule has 11 aromatic carbocycles. The second-order valence-corrected chi connectivity index (χ2v) is 19.4. The summed E-state index contributed by atoms with van der Waals surface area (Å²) in [5, 5.41) is 7.44. The van der Waals surface area contributed by atoms with Crippen molar-refractivity contribution in [1.29, 1.82) is 0 Å². The van der Waals surface area contributed by atoms with Gasteiger partial charge in [0.15, 0.2) is 0 Å². The van der Waals surface area contributed by atoms with Crippen molar-refractivity contribution in [2.45, 2.75) is 5.41 Å². The summed E-state index contributed by atoms with van der Waals surface area (Å²) in [6.45, 7) is 0. The zero-order valence-electron chi connectivity index (χ0n) is 36.9. The SMILES string of the molecule is c1ccc(N(c2ccc3sc4ccccc4c3c2)c2cccc3c4ccccc4n(-c4ccc(-c5cccc6c5-c5ccccc5C65c6ccccc6-c6ccccc65)c5ccccc45)c23)cc1. The van der Waals surface area contributed by atoms with Gasteiger partial charge in [-0.15, -0.1) is 11.3 Å². The van der Waals surface area contributed by atoms with Crippen molar-refractivity contribution in [3.8, 4) is 39.1 Å². The molecule has 0 saturated heterocycles. The summed E-state index contributed by atoms with van der Waals surface area (Å²) in [6.07, 6.45) is 0. The first kappa shape index (κ1) is 37.7. The van der Waals surface area contributed by atoms with Crippen LogP contribution >= 0.6 is 11.3 Å². The number of rotatable bonds is 5. The number of anilines is 3. The Morgan fingerprint density at radius 1 is 0.338 bits per heavy atom. The summed E-state index contributed by atoms with van der Waals surface area (Å²) in [5.41, 5.74) is 19.6. The summed E-state index contributed by atoms with van der Waals surface area (Å²) in [6, 6.07) is 90.6. The van der Waals surface area contributed by atoms with Gasteiger partial charge < -0.3 is 9.47 Å². The summed E-state index contributed by atoms with van der Waals surface area (Å²) >= 11 is 1.86. The van der Waals surface area contributed by atoms with Crippen molar-refractivity contribution in [3.05, 3.63) is 265 Å². The maximum atomic E-state index is 2.53. The monoisotopic (exact) mass is 880 g/mol. The molecule has 0 N–H and O–H groups in total. The molecule has 0 saturated carbocycles. The lowest BCUT2D eigenvalue weighted by Gasteiger charge is -2.30. The van der Waals surface area contributed by atoms with E-state index in [0.29, 0.717) is 0 Å². The molecule has 68 heavy (non-hydrogen) atoms. The molecular weight excluding hydrogens is 841 g/mol. The highest BCUT2D eigenvalue weighted by Crippen LogP contribution is 2.64. The highest BCUT2D eigenvalue weighted by Gasteiger charge is 2.52. The Morgan fingerprint density at radius 3 is 1.71 bits per heavy atom. The summed E-state index contributed by atoms with van der Waals surface area (Å²) < 4.78 is 5.14. The van der Waals surface area contributed by atoms with Gasteiger partial charge in [0.1, 0.15) is 0 Å². The first-order valence-corrected chi connectivity index (χ1v) is 24.3. The number of benzene rings is 11. The number of hydrogen-bond donors (Lipinski definition) is 0. The van der Waals surface area contributed by atoms with Crippen LogP contribution in [-0.2, 0) is 5.41 Å². The van der Waals surface area contributed by atoms with E-state index >= 15 is 0 Å². The summed E-state index contributed by atoms with van der Waals surface area (Å²) in [5.74, 6) is 0. The normalized spacial score (nSPS) is 13.1. The largest absolute Gasteiger partial charge is 0.308 e. The van der Waals surface area contributed by atoms with Gasteiger partial charge in [0.05, 0.1) is 27.8 Å². The van der Waals surface area contributed by atoms with Crippen LogP contribution in [0.5, 0.6) is 0 Å². The fourth-order valence-corrected chi connectivity index (χ4v) is 13.5. The Labute approximate surface area is 397 Å². The minimum atomic E-state index is -0.407. The lowest BCUT2D eigenvalue weighted by atomic mass is 9.70. The first-order valence-electron chi connectivity index (χ1n) is 23.5. The zero-order valence-corrected chi connectivity index (χ0v) is 37.7. The second-order valence-electron chi connectivity index (χ2n) is 18.3. The van der Waals surface area contributed by atoms with E-state index in [1.165, 1.54) is 108 Å². The van der Waals surface area contributed by atoms with Gasteiger partial charge in [0, 0.05) is 47.7 Å². The van der Waals surface area contributed by atoms with Crippen LogP contribution in [0.3, 0.4) is 0 Å². The molecule has 2 heterocycles. The molecule has 2 aliphatic rings. The molecule has 0 fully saturated rings. The van der Waals surface area contributed by atoms with Crippen LogP contribution in [0, 0.1) is 0 Å². The van der Waals surface area contributed by atoms with Crippen LogP contribution in [0.2, 0.25) is 0 Å². The molecule has 0 radical (unpaired) electrons. The molecule has 15 rings (SSSR count). The van der Waals surface area contributed by atoms with Gasteiger partial charge in [-0.1, -0.05) is 188 Å². The molecule has 2 aromatic heterocycles. The molecule has 1 spiro atoms. The van der Waals surface area contributed by atoms with Crippen molar-refractivity contribution in [2.24, 2.45) is 0 Å². The molecule has 0 aliphatic heterocycles. The van der Waals surface area contributed by atoms with Gasteiger partial charge in [0.2, 0.25) is 0 Å². The van der Waals surface area contributed by atoms with E-state index in [1.807, 2.05) is 11.3 Å². The lowest BCUT2D eigenvalue weighted by molar-refractivity contribution is 0.794. The van der Waals surface area contributed by atoms with Gasteiger partial charge in [-0.2, -0.15) is 0 Å². The molecule has 2 aliphatic carbocycles. The van der Waals surface area contributed by atoms with Crippen LogP contribution < -0.4 is 4.90 Å². The Bertz CT molecular complexity index is 4180. The molecule has 3 heteroatoms. The number of aromatic nitrogens is 1.